The number of halogens is 1. The molecule has 0 aliphatic heterocycles. The van der Waals surface area contributed by atoms with Crippen LogP contribution < -0.4 is 10.7 Å². The van der Waals surface area contributed by atoms with Gasteiger partial charge < -0.3 is 14.6 Å². The number of nitro benzene ring substituents is 1. The summed E-state index contributed by atoms with van der Waals surface area (Å²) >= 11 is 5.96. The highest BCUT2D eigenvalue weighted by atomic mass is 35.5. The van der Waals surface area contributed by atoms with Gasteiger partial charge in [-0.2, -0.15) is 0 Å². The maximum Gasteiger partial charge on any atom is 0.326 e. The number of aromatic nitrogens is 1. The summed E-state index contributed by atoms with van der Waals surface area (Å²) < 4.78 is 6.77. The number of carbonyl (C=O) groups is 2. The number of nitro groups is 1. The highest BCUT2D eigenvalue weighted by Gasteiger charge is 2.16. The molecule has 1 aromatic heterocycles. The number of hydrogen-bond acceptors (Lipinski definition) is 6. The number of pyridine rings is 1. The number of non-ortho nitro benzene ring substituents is 1. The number of benzene rings is 3. The standard InChI is InChI=1S/C23H16ClN3O6/c24-17-11-14(27(31)32)9-10-18(17)25-21(28)13-33-22(29)12-26-19-7-3-1-5-15(19)23(30)16-6-2-4-8-20(16)26/h1-11H,12-13H2,(H,25,28). The highest BCUT2D eigenvalue weighted by molar-refractivity contribution is 6.34. The van der Waals surface area contributed by atoms with Gasteiger partial charge >= 0.3 is 5.97 Å². The predicted molar refractivity (Wildman–Crippen MR) is 123 cm³/mol. The summed E-state index contributed by atoms with van der Waals surface area (Å²) in [6, 6.07) is 17.5. The molecule has 0 bridgehead atoms. The van der Waals surface area contributed by atoms with Gasteiger partial charge in [-0.3, -0.25) is 24.5 Å². The summed E-state index contributed by atoms with van der Waals surface area (Å²) in [6.45, 7) is -0.797. The van der Waals surface area contributed by atoms with Crippen LogP contribution in [0.3, 0.4) is 0 Å². The van der Waals surface area contributed by atoms with Crippen LogP contribution in [0, 0.1) is 10.1 Å². The lowest BCUT2D eigenvalue weighted by Crippen LogP contribution is -2.24. The third-order valence-electron chi connectivity index (χ3n) is 4.97. The normalized spacial score (nSPS) is 10.8. The number of anilines is 1. The molecule has 1 amide bonds. The van der Waals surface area contributed by atoms with E-state index in [1.807, 2.05) is 0 Å². The Bertz CT molecular complexity index is 1420. The van der Waals surface area contributed by atoms with Crippen LogP contribution in [0.25, 0.3) is 21.8 Å². The zero-order chi connectivity index (χ0) is 23.5. The smallest absolute Gasteiger partial charge is 0.326 e. The fraction of sp³-hybridized carbons (Fsp3) is 0.0870. The van der Waals surface area contributed by atoms with E-state index in [2.05, 4.69) is 5.32 Å². The summed E-state index contributed by atoms with van der Waals surface area (Å²) in [5.74, 6) is -1.34. The minimum Gasteiger partial charge on any atom is -0.454 e. The first-order chi connectivity index (χ1) is 15.8. The van der Waals surface area contributed by atoms with Crippen molar-refractivity contribution in [2.75, 3.05) is 11.9 Å². The molecular weight excluding hydrogens is 450 g/mol. The number of ether oxygens (including phenoxy) is 1. The van der Waals surface area contributed by atoms with Crippen molar-refractivity contribution in [3.8, 4) is 0 Å². The largest absolute Gasteiger partial charge is 0.454 e. The van der Waals surface area contributed by atoms with Gasteiger partial charge in [-0.25, -0.2) is 0 Å². The third kappa shape index (κ3) is 4.53. The molecule has 0 aliphatic carbocycles. The molecule has 0 unspecified atom stereocenters. The lowest BCUT2D eigenvalue weighted by atomic mass is 10.1. The summed E-state index contributed by atoms with van der Waals surface area (Å²) in [4.78, 5) is 47.6. The van der Waals surface area contributed by atoms with E-state index in [-0.39, 0.29) is 28.4 Å². The number of hydrogen-bond donors (Lipinski definition) is 1. The number of nitrogens with zero attached hydrogens (tertiary/aromatic N) is 2. The quantitative estimate of drug-likeness (QED) is 0.199. The van der Waals surface area contributed by atoms with Gasteiger partial charge in [0.25, 0.3) is 11.6 Å². The van der Waals surface area contributed by atoms with E-state index in [1.165, 1.54) is 12.1 Å². The van der Waals surface area contributed by atoms with Gasteiger partial charge in [0.05, 0.1) is 26.7 Å². The van der Waals surface area contributed by atoms with Gasteiger partial charge in [0.15, 0.2) is 12.0 Å². The molecule has 10 heteroatoms. The number of amides is 1. The molecule has 1 heterocycles. The monoisotopic (exact) mass is 465 g/mol. The molecular formula is C23H16ClN3O6. The maximum absolute atomic E-state index is 12.8. The van der Waals surface area contributed by atoms with Crippen molar-refractivity contribution in [1.29, 1.82) is 0 Å². The maximum atomic E-state index is 12.8. The fourth-order valence-corrected chi connectivity index (χ4v) is 3.70. The molecule has 0 atom stereocenters. The van der Waals surface area contributed by atoms with E-state index in [0.29, 0.717) is 21.8 Å². The molecule has 0 aliphatic rings. The van der Waals surface area contributed by atoms with Crippen molar-refractivity contribution in [1.82, 2.24) is 4.57 Å². The van der Waals surface area contributed by atoms with Gasteiger partial charge in [0.1, 0.15) is 6.54 Å². The lowest BCUT2D eigenvalue weighted by Gasteiger charge is -2.14. The first-order valence-corrected chi connectivity index (χ1v) is 10.1. The molecule has 0 fully saturated rings. The molecule has 0 saturated carbocycles. The van der Waals surface area contributed by atoms with Crippen LogP contribution in [-0.2, 0) is 20.9 Å². The Morgan fingerprint density at radius 3 is 2.18 bits per heavy atom. The van der Waals surface area contributed by atoms with Crippen molar-refractivity contribution in [3.05, 3.63) is 92.1 Å². The SMILES string of the molecule is O=C(COC(=O)Cn1c2ccccc2c(=O)c2ccccc21)Nc1ccc([N+](=O)[O-])cc1Cl. The molecule has 9 nitrogen and oxygen atoms in total. The van der Waals surface area contributed by atoms with Crippen LogP contribution in [0.15, 0.2) is 71.5 Å². The minimum atomic E-state index is -0.682. The minimum absolute atomic E-state index is 0.0184. The first-order valence-electron chi connectivity index (χ1n) is 9.75. The van der Waals surface area contributed by atoms with Crippen LogP contribution in [-0.4, -0.2) is 28.0 Å². The van der Waals surface area contributed by atoms with E-state index >= 15 is 0 Å². The van der Waals surface area contributed by atoms with E-state index in [0.717, 1.165) is 6.07 Å². The van der Waals surface area contributed by atoms with E-state index in [1.54, 1.807) is 53.1 Å². The second-order valence-electron chi connectivity index (χ2n) is 7.08. The van der Waals surface area contributed by atoms with Gasteiger partial charge in [-0.05, 0) is 30.3 Å². The Kier molecular flexibility index (Phi) is 6.05. The molecule has 0 saturated heterocycles. The Morgan fingerprint density at radius 2 is 1.61 bits per heavy atom. The molecule has 0 spiro atoms. The van der Waals surface area contributed by atoms with Gasteiger partial charge in [-0.1, -0.05) is 35.9 Å². The second kappa shape index (κ2) is 9.09. The lowest BCUT2D eigenvalue weighted by molar-refractivity contribution is -0.384. The molecule has 33 heavy (non-hydrogen) atoms. The van der Waals surface area contributed by atoms with Crippen molar-refractivity contribution in [2.24, 2.45) is 0 Å². The van der Waals surface area contributed by atoms with Gasteiger partial charge in [0, 0.05) is 22.9 Å². The fourth-order valence-electron chi connectivity index (χ4n) is 3.47. The van der Waals surface area contributed by atoms with E-state index in [9.17, 15) is 24.5 Å². The van der Waals surface area contributed by atoms with Crippen LogP contribution in [0.4, 0.5) is 11.4 Å². The van der Waals surface area contributed by atoms with Gasteiger partial charge in [0.2, 0.25) is 0 Å². The molecule has 0 radical (unpaired) electrons. The Hall–Kier alpha value is -4.24. The zero-order valence-corrected chi connectivity index (χ0v) is 17.7. The van der Waals surface area contributed by atoms with Crippen LogP contribution >= 0.6 is 11.6 Å². The summed E-state index contributed by atoms with van der Waals surface area (Å²) in [5, 5.41) is 14.1. The molecule has 3 aromatic carbocycles. The predicted octanol–water partition coefficient (Wildman–Crippen LogP) is 3.90. The average Bonchev–Trinajstić information content (AvgIpc) is 2.81. The van der Waals surface area contributed by atoms with Crippen molar-refractivity contribution < 1.29 is 19.2 Å². The van der Waals surface area contributed by atoms with E-state index < -0.39 is 23.4 Å². The summed E-state index contributed by atoms with van der Waals surface area (Å²) in [7, 11) is 0. The average molecular weight is 466 g/mol. The van der Waals surface area contributed by atoms with Crippen molar-refractivity contribution in [3.63, 3.8) is 0 Å². The van der Waals surface area contributed by atoms with Crippen LogP contribution in [0.1, 0.15) is 0 Å². The Morgan fingerprint density at radius 1 is 1.00 bits per heavy atom. The summed E-state index contributed by atoms with van der Waals surface area (Å²) in [5.41, 5.74) is 0.941. The number of rotatable bonds is 6. The molecule has 4 aromatic rings. The number of fused-ring (bicyclic) bond motifs is 2. The second-order valence-corrected chi connectivity index (χ2v) is 7.49. The first kappa shape index (κ1) is 22.0. The third-order valence-corrected chi connectivity index (χ3v) is 5.28. The Labute approximate surface area is 191 Å². The van der Waals surface area contributed by atoms with E-state index in [4.69, 9.17) is 16.3 Å². The summed E-state index contributed by atoms with van der Waals surface area (Å²) in [6.07, 6.45) is 0. The number of esters is 1. The van der Waals surface area contributed by atoms with Gasteiger partial charge in [-0.15, -0.1) is 0 Å². The number of para-hydroxylation sites is 2. The molecule has 4 rings (SSSR count). The number of nitrogens with one attached hydrogen (secondary N) is 1. The highest BCUT2D eigenvalue weighted by Crippen LogP contribution is 2.26. The van der Waals surface area contributed by atoms with Crippen molar-refractivity contribution >= 4 is 56.7 Å². The van der Waals surface area contributed by atoms with Crippen molar-refractivity contribution in [2.45, 2.75) is 6.54 Å². The van der Waals surface area contributed by atoms with Crippen LogP contribution in [0.2, 0.25) is 5.02 Å². The zero-order valence-electron chi connectivity index (χ0n) is 17.0. The topological polar surface area (TPSA) is 121 Å². The molecule has 1 N–H and O–H groups in total. The number of carbonyl (C=O) groups excluding carboxylic acids is 2. The van der Waals surface area contributed by atoms with Crippen LogP contribution in [0.5, 0.6) is 0 Å². The molecule has 166 valence electrons. The Balaban J connectivity index is 1.49.